The average Bonchev–Trinajstić information content (AvgIpc) is 2.21. The van der Waals surface area contributed by atoms with E-state index < -0.39 is 9.84 Å². The van der Waals surface area contributed by atoms with E-state index in [1.54, 1.807) is 0 Å². The summed E-state index contributed by atoms with van der Waals surface area (Å²) in [6.07, 6.45) is 5.88. The van der Waals surface area contributed by atoms with E-state index in [9.17, 15) is 8.42 Å². The van der Waals surface area contributed by atoms with Crippen molar-refractivity contribution in [3.05, 3.63) is 0 Å². The van der Waals surface area contributed by atoms with E-state index in [4.69, 9.17) is 0 Å². The van der Waals surface area contributed by atoms with Crippen LogP contribution in [0.25, 0.3) is 0 Å². The summed E-state index contributed by atoms with van der Waals surface area (Å²) in [4.78, 5) is 0. The van der Waals surface area contributed by atoms with Crippen LogP contribution in [0.5, 0.6) is 0 Å². The summed E-state index contributed by atoms with van der Waals surface area (Å²) in [5.74, 6) is 1.77. The highest BCUT2D eigenvalue weighted by atomic mass is 32.2. The van der Waals surface area contributed by atoms with Crippen molar-refractivity contribution in [2.45, 2.75) is 58.5 Å². The Labute approximate surface area is 106 Å². The fourth-order valence-electron chi connectivity index (χ4n) is 2.66. The predicted octanol–water partition coefficient (Wildman–Crippen LogP) is 2.22. The van der Waals surface area contributed by atoms with Crippen molar-refractivity contribution in [1.82, 2.24) is 5.32 Å². The van der Waals surface area contributed by atoms with Gasteiger partial charge in [-0.15, -0.1) is 0 Å². The zero-order valence-corrected chi connectivity index (χ0v) is 12.4. The topological polar surface area (TPSA) is 46.2 Å². The number of hydrogen-bond donors (Lipinski definition) is 1. The fraction of sp³-hybridized carbons (Fsp3) is 1.00. The normalized spacial score (nSPS) is 32.4. The Balaban J connectivity index is 2.37. The Hall–Kier alpha value is -0.0900. The number of sulfone groups is 1. The summed E-state index contributed by atoms with van der Waals surface area (Å²) in [5, 5.41) is 3.61. The average molecular weight is 261 g/mol. The third-order valence-electron chi connectivity index (χ3n) is 4.13. The van der Waals surface area contributed by atoms with Gasteiger partial charge in [0.1, 0.15) is 9.84 Å². The maximum absolute atomic E-state index is 11.1. The van der Waals surface area contributed by atoms with Crippen LogP contribution >= 0.6 is 0 Å². The largest absolute Gasteiger partial charge is 0.311 e. The molecule has 0 amide bonds. The fourth-order valence-corrected chi connectivity index (χ4v) is 3.44. The molecular formula is C13H27NO2S. The van der Waals surface area contributed by atoms with Gasteiger partial charge in [-0.1, -0.05) is 26.7 Å². The van der Waals surface area contributed by atoms with Gasteiger partial charge in [0.2, 0.25) is 0 Å². The van der Waals surface area contributed by atoms with E-state index in [1.807, 2.05) is 0 Å². The van der Waals surface area contributed by atoms with Crippen molar-refractivity contribution in [3.63, 3.8) is 0 Å². The molecule has 1 N–H and O–H groups in total. The van der Waals surface area contributed by atoms with Gasteiger partial charge < -0.3 is 5.32 Å². The highest BCUT2D eigenvalue weighted by Crippen LogP contribution is 2.29. The van der Waals surface area contributed by atoms with Crippen LogP contribution in [-0.2, 0) is 9.84 Å². The Bertz CT molecular complexity index is 326. The predicted molar refractivity (Wildman–Crippen MR) is 72.9 cm³/mol. The molecule has 0 aromatic carbocycles. The quantitative estimate of drug-likeness (QED) is 0.825. The van der Waals surface area contributed by atoms with Crippen molar-refractivity contribution >= 4 is 9.84 Å². The number of rotatable bonds is 5. The monoisotopic (exact) mass is 261 g/mol. The first-order valence-electron chi connectivity index (χ1n) is 6.73. The second-order valence-corrected chi connectivity index (χ2v) is 8.12. The van der Waals surface area contributed by atoms with Gasteiger partial charge in [0, 0.05) is 18.3 Å². The third-order valence-corrected chi connectivity index (χ3v) is 5.10. The molecule has 4 heteroatoms. The van der Waals surface area contributed by atoms with Gasteiger partial charge in [-0.05, 0) is 31.6 Å². The van der Waals surface area contributed by atoms with Crippen molar-refractivity contribution < 1.29 is 8.42 Å². The molecular weight excluding hydrogens is 234 g/mol. The summed E-state index contributed by atoms with van der Waals surface area (Å²) < 4.78 is 22.2. The lowest BCUT2D eigenvalue weighted by Crippen LogP contribution is -2.45. The van der Waals surface area contributed by atoms with Gasteiger partial charge in [0.05, 0.1) is 5.75 Å². The molecule has 102 valence electrons. The third kappa shape index (κ3) is 5.38. The lowest BCUT2D eigenvalue weighted by molar-refractivity contribution is 0.195. The molecule has 1 saturated carbocycles. The molecule has 0 aromatic rings. The van der Waals surface area contributed by atoms with Crippen molar-refractivity contribution in [2.75, 3.05) is 12.0 Å². The first-order valence-corrected chi connectivity index (χ1v) is 8.79. The summed E-state index contributed by atoms with van der Waals surface area (Å²) in [6.45, 7) is 6.72. The van der Waals surface area contributed by atoms with Crippen molar-refractivity contribution in [3.8, 4) is 0 Å². The van der Waals surface area contributed by atoms with Crippen LogP contribution < -0.4 is 5.32 Å². The minimum Gasteiger partial charge on any atom is -0.311 e. The van der Waals surface area contributed by atoms with E-state index in [2.05, 4.69) is 26.1 Å². The molecule has 1 fully saturated rings. The first kappa shape index (κ1) is 15.0. The Kier molecular flexibility index (Phi) is 5.45. The van der Waals surface area contributed by atoms with Crippen LogP contribution in [0.1, 0.15) is 46.5 Å². The standard InChI is InChI=1S/C13H27NO2S/c1-10-6-5-7-13(12(10)3)14-11(2)8-9-17(4,15)16/h10-14H,5-9H2,1-4H3/t10-,11+,12-,13+/m0/s1. The van der Waals surface area contributed by atoms with E-state index in [1.165, 1.54) is 25.5 Å². The molecule has 0 aliphatic heterocycles. The van der Waals surface area contributed by atoms with Crippen LogP contribution in [0.3, 0.4) is 0 Å². The van der Waals surface area contributed by atoms with Gasteiger partial charge in [-0.3, -0.25) is 0 Å². The SMILES string of the molecule is C[C@H]1[C@@H](C)CCC[C@H]1N[C@H](C)CCS(C)(=O)=O. The van der Waals surface area contributed by atoms with Gasteiger partial charge in [-0.25, -0.2) is 8.42 Å². The molecule has 1 aliphatic carbocycles. The molecule has 0 radical (unpaired) electrons. The number of hydrogen-bond acceptors (Lipinski definition) is 3. The molecule has 0 unspecified atom stereocenters. The minimum atomic E-state index is -2.82. The highest BCUT2D eigenvalue weighted by molar-refractivity contribution is 7.90. The zero-order valence-electron chi connectivity index (χ0n) is 11.6. The zero-order chi connectivity index (χ0) is 13.1. The number of nitrogens with one attached hydrogen (secondary N) is 1. The first-order chi connectivity index (χ1) is 7.79. The summed E-state index contributed by atoms with van der Waals surface area (Å²) >= 11 is 0. The Morgan fingerprint density at radius 3 is 2.53 bits per heavy atom. The van der Waals surface area contributed by atoms with Crippen LogP contribution in [0, 0.1) is 11.8 Å². The summed E-state index contributed by atoms with van der Waals surface area (Å²) in [7, 11) is -2.82. The molecule has 1 rings (SSSR count). The molecule has 0 heterocycles. The highest BCUT2D eigenvalue weighted by Gasteiger charge is 2.27. The Morgan fingerprint density at radius 2 is 1.94 bits per heavy atom. The van der Waals surface area contributed by atoms with E-state index in [-0.39, 0.29) is 5.75 Å². The maximum atomic E-state index is 11.1. The van der Waals surface area contributed by atoms with Crippen LogP contribution in [0.15, 0.2) is 0 Å². The molecule has 4 atom stereocenters. The van der Waals surface area contributed by atoms with E-state index >= 15 is 0 Å². The van der Waals surface area contributed by atoms with E-state index in [0.717, 1.165) is 12.3 Å². The summed E-state index contributed by atoms with van der Waals surface area (Å²) in [6, 6.07) is 0.857. The second-order valence-electron chi connectivity index (χ2n) is 5.86. The minimum absolute atomic E-state index is 0.290. The van der Waals surface area contributed by atoms with Crippen molar-refractivity contribution in [1.29, 1.82) is 0 Å². The van der Waals surface area contributed by atoms with Crippen LogP contribution in [0.2, 0.25) is 0 Å². The molecule has 0 aromatic heterocycles. The lowest BCUT2D eigenvalue weighted by atomic mass is 9.78. The molecule has 0 spiro atoms. The van der Waals surface area contributed by atoms with E-state index in [0.29, 0.717) is 18.0 Å². The van der Waals surface area contributed by atoms with Crippen LogP contribution in [-0.4, -0.2) is 32.5 Å². The van der Waals surface area contributed by atoms with Crippen LogP contribution in [0.4, 0.5) is 0 Å². The van der Waals surface area contributed by atoms with Gasteiger partial charge >= 0.3 is 0 Å². The lowest BCUT2D eigenvalue weighted by Gasteiger charge is -2.36. The summed E-state index contributed by atoms with van der Waals surface area (Å²) in [5.41, 5.74) is 0. The second kappa shape index (κ2) is 6.19. The molecule has 1 aliphatic rings. The molecule has 3 nitrogen and oxygen atoms in total. The van der Waals surface area contributed by atoms with Gasteiger partial charge in [0.15, 0.2) is 0 Å². The Morgan fingerprint density at radius 1 is 1.29 bits per heavy atom. The smallest absolute Gasteiger partial charge is 0.147 e. The van der Waals surface area contributed by atoms with Gasteiger partial charge in [0.25, 0.3) is 0 Å². The van der Waals surface area contributed by atoms with Gasteiger partial charge in [-0.2, -0.15) is 0 Å². The van der Waals surface area contributed by atoms with Crippen molar-refractivity contribution in [2.24, 2.45) is 11.8 Å². The molecule has 0 saturated heterocycles. The maximum Gasteiger partial charge on any atom is 0.147 e. The molecule has 17 heavy (non-hydrogen) atoms. The molecule has 0 bridgehead atoms.